The molecule has 4 nitrogen and oxygen atoms in total. The second kappa shape index (κ2) is 4.79. The average Bonchev–Trinajstić information content (AvgIpc) is 2.52. The van der Waals surface area contributed by atoms with Crippen molar-refractivity contribution in [1.29, 1.82) is 0 Å². The van der Waals surface area contributed by atoms with E-state index in [1.807, 2.05) is 6.92 Å². The Labute approximate surface area is 83.7 Å². The van der Waals surface area contributed by atoms with E-state index in [1.54, 1.807) is 13.0 Å². The molecule has 1 heterocycles. The molecule has 78 valence electrons. The van der Waals surface area contributed by atoms with Gasteiger partial charge in [-0.1, -0.05) is 18.5 Å². The first-order valence-electron chi connectivity index (χ1n) is 4.87. The van der Waals surface area contributed by atoms with Crippen molar-refractivity contribution in [2.45, 2.75) is 39.7 Å². The van der Waals surface area contributed by atoms with Crippen LogP contribution in [-0.2, 0) is 0 Å². The molecule has 4 heteroatoms. The van der Waals surface area contributed by atoms with Crippen molar-refractivity contribution in [1.82, 2.24) is 10.5 Å². The Balaban J connectivity index is 2.50. The molecule has 0 aliphatic carbocycles. The van der Waals surface area contributed by atoms with Gasteiger partial charge in [-0.15, -0.1) is 0 Å². The summed E-state index contributed by atoms with van der Waals surface area (Å²) in [6.07, 6.45) is 2.03. The monoisotopic (exact) mass is 196 g/mol. The third-order valence-corrected chi connectivity index (χ3v) is 1.96. The van der Waals surface area contributed by atoms with E-state index in [0.29, 0.717) is 11.5 Å². The van der Waals surface area contributed by atoms with Gasteiger partial charge in [0.2, 0.25) is 0 Å². The highest BCUT2D eigenvalue weighted by atomic mass is 16.5. The molecule has 0 bridgehead atoms. The lowest BCUT2D eigenvalue weighted by molar-refractivity contribution is 0.0929. The van der Waals surface area contributed by atoms with Crippen molar-refractivity contribution in [2.24, 2.45) is 0 Å². The zero-order chi connectivity index (χ0) is 10.6. The highest BCUT2D eigenvalue weighted by Crippen LogP contribution is 2.02. The number of hydrogen-bond acceptors (Lipinski definition) is 3. The molecular weight excluding hydrogens is 180 g/mol. The van der Waals surface area contributed by atoms with Gasteiger partial charge in [-0.2, -0.15) is 0 Å². The number of carbonyl (C=O) groups is 1. The number of aryl methyl sites for hydroxylation is 1. The van der Waals surface area contributed by atoms with Gasteiger partial charge in [0.1, 0.15) is 5.76 Å². The van der Waals surface area contributed by atoms with Crippen molar-refractivity contribution >= 4 is 5.91 Å². The van der Waals surface area contributed by atoms with E-state index in [9.17, 15) is 4.79 Å². The molecule has 1 aromatic rings. The maximum Gasteiger partial charge on any atom is 0.273 e. The number of amides is 1. The van der Waals surface area contributed by atoms with Gasteiger partial charge in [-0.05, 0) is 20.3 Å². The standard InChI is InChI=1S/C10H16N2O2/c1-4-5-7(2)11-10(13)9-6-8(3)14-12-9/h6-7H,4-5H2,1-3H3,(H,11,13). The molecule has 0 saturated heterocycles. The molecule has 1 rings (SSSR count). The van der Waals surface area contributed by atoms with Crippen molar-refractivity contribution in [2.75, 3.05) is 0 Å². The molecule has 1 amide bonds. The Morgan fingerprint density at radius 3 is 2.93 bits per heavy atom. The minimum absolute atomic E-state index is 0.164. The second-order valence-corrected chi connectivity index (χ2v) is 3.49. The van der Waals surface area contributed by atoms with Crippen LogP contribution in [0.25, 0.3) is 0 Å². The maximum absolute atomic E-state index is 11.5. The second-order valence-electron chi connectivity index (χ2n) is 3.49. The van der Waals surface area contributed by atoms with Crippen LogP contribution >= 0.6 is 0 Å². The van der Waals surface area contributed by atoms with Crippen LogP contribution in [0.3, 0.4) is 0 Å². The van der Waals surface area contributed by atoms with Crippen molar-refractivity contribution in [3.63, 3.8) is 0 Å². The fourth-order valence-electron chi connectivity index (χ4n) is 1.28. The Bertz CT molecular complexity index is 307. The van der Waals surface area contributed by atoms with Crippen LogP contribution in [0.5, 0.6) is 0 Å². The molecule has 1 atom stereocenters. The summed E-state index contributed by atoms with van der Waals surface area (Å²) in [5, 5.41) is 6.49. The Kier molecular flexibility index (Phi) is 3.68. The third kappa shape index (κ3) is 2.87. The fraction of sp³-hybridized carbons (Fsp3) is 0.600. The van der Waals surface area contributed by atoms with Gasteiger partial charge in [-0.25, -0.2) is 0 Å². The summed E-state index contributed by atoms with van der Waals surface area (Å²) in [7, 11) is 0. The summed E-state index contributed by atoms with van der Waals surface area (Å²) >= 11 is 0. The van der Waals surface area contributed by atoms with E-state index in [2.05, 4.69) is 17.4 Å². The van der Waals surface area contributed by atoms with E-state index in [4.69, 9.17) is 4.52 Å². The quantitative estimate of drug-likeness (QED) is 0.800. The number of nitrogens with zero attached hydrogens (tertiary/aromatic N) is 1. The molecule has 0 aliphatic rings. The lowest BCUT2D eigenvalue weighted by Crippen LogP contribution is -2.32. The summed E-state index contributed by atoms with van der Waals surface area (Å²) in [4.78, 5) is 11.5. The minimum atomic E-state index is -0.164. The SMILES string of the molecule is CCCC(C)NC(=O)c1cc(C)on1. The van der Waals surface area contributed by atoms with Gasteiger partial charge in [0.25, 0.3) is 5.91 Å². The normalized spacial score (nSPS) is 12.5. The van der Waals surface area contributed by atoms with Gasteiger partial charge in [0.05, 0.1) is 0 Å². The highest BCUT2D eigenvalue weighted by molar-refractivity contribution is 5.92. The van der Waals surface area contributed by atoms with Gasteiger partial charge >= 0.3 is 0 Å². The van der Waals surface area contributed by atoms with Gasteiger partial charge in [-0.3, -0.25) is 4.79 Å². The van der Waals surface area contributed by atoms with E-state index in [1.165, 1.54) is 0 Å². The molecule has 14 heavy (non-hydrogen) atoms. The molecule has 0 fully saturated rings. The largest absolute Gasteiger partial charge is 0.361 e. The summed E-state index contributed by atoms with van der Waals surface area (Å²) in [5.41, 5.74) is 0.352. The molecule has 1 N–H and O–H groups in total. The van der Waals surface area contributed by atoms with Crippen LogP contribution in [0, 0.1) is 6.92 Å². The van der Waals surface area contributed by atoms with Crippen LogP contribution in [0.15, 0.2) is 10.6 Å². The number of rotatable bonds is 4. The predicted molar refractivity (Wildman–Crippen MR) is 53.1 cm³/mol. The molecule has 0 spiro atoms. The van der Waals surface area contributed by atoms with Crippen molar-refractivity contribution in [3.8, 4) is 0 Å². The molecule has 1 unspecified atom stereocenters. The highest BCUT2D eigenvalue weighted by Gasteiger charge is 2.12. The van der Waals surface area contributed by atoms with Crippen LogP contribution in [0.4, 0.5) is 0 Å². The van der Waals surface area contributed by atoms with Crippen LogP contribution in [0.1, 0.15) is 42.9 Å². The first-order chi connectivity index (χ1) is 6.63. The van der Waals surface area contributed by atoms with Crippen molar-refractivity contribution in [3.05, 3.63) is 17.5 Å². The number of aromatic nitrogens is 1. The molecular formula is C10H16N2O2. The third-order valence-electron chi connectivity index (χ3n) is 1.96. The van der Waals surface area contributed by atoms with Crippen molar-refractivity contribution < 1.29 is 9.32 Å². The summed E-state index contributed by atoms with van der Waals surface area (Å²) in [6.45, 7) is 5.83. The Hall–Kier alpha value is -1.32. The smallest absolute Gasteiger partial charge is 0.273 e. The van der Waals surface area contributed by atoms with E-state index < -0.39 is 0 Å². The molecule has 1 aromatic heterocycles. The number of hydrogen-bond donors (Lipinski definition) is 1. The van der Waals surface area contributed by atoms with Crippen LogP contribution in [-0.4, -0.2) is 17.1 Å². The Morgan fingerprint density at radius 1 is 1.71 bits per heavy atom. The molecule has 0 saturated carbocycles. The summed E-state index contributed by atoms with van der Waals surface area (Å²) in [5.74, 6) is 0.487. The topological polar surface area (TPSA) is 55.1 Å². The van der Waals surface area contributed by atoms with Gasteiger partial charge < -0.3 is 9.84 Å². The first kappa shape index (κ1) is 10.8. The minimum Gasteiger partial charge on any atom is -0.361 e. The van der Waals surface area contributed by atoms with Gasteiger partial charge in [0, 0.05) is 12.1 Å². The van der Waals surface area contributed by atoms with Gasteiger partial charge in [0.15, 0.2) is 5.69 Å². The van der Waals surface area contributed by atoms with E-state index in [0.717, 1.165) is 12.8 Å². The average molecular weight is 196 g/mol. The van der Waals surface area contributed by atoms with E-state index >= 15 is 0 Å². The summed E-state index contributed by atoms with van der Waals surface area (Å²) in [6, 6.07) is 1.82. The number of carbonyl (C=O) groups excluding carboxylic acids is 1. The Morgan fingerprint density at radius 2 is 2.43 bits per heavy atom. The lowest BCUT2D eigenvalue weighted by atomic mass is 10.2. The maximum atomic E-state index is 11.5. The zero-order valence-electron chi connectivity index (χ0n) is 8.83. The molecule has 0 aliphatic heterocycles. The van der Waals surface area contributed by atoms with E-state index in [-0.39, 0.29) is 11.9 Å². The number of nitrogens with one attached hydrogen (secondary N) is 1. The van der Waals surface area contributed by atoms with Crippen LogP contribution in [0.2, 0.25) is 0 Å². The molecule has 0 radical (unpaired) electrons. The first-order valence-corrected chi connectivity index (χ1v) is 4.87. The lowest BCUT2D eigenvalue weighted by Gasteiger charge is -2.10. The fourth-order valence-corrected chi connectivity index (χ4v) is 1.28. The van der Waals surface area contributed by atoms with Crippen LogP contribution < -0.4 is 5.32 Å². The summed E-state index contributed by atoms with van der Waals surface area (Å²) < 4.78 is 4.82. The molecule has 0 aromatic carbocycles. The predicted octanol–water partition coefficient (Wildman–Crippen LogP) is 1.90. The zero-order valence-corrected chi connectivity index (χ0v) is 8.83.